The van der Waals surface area contributed by atoms with Gasteiger partial charge >= 0.3 is 6.03 Å². The predicted molar refractivity (Wildman–Crippen MR) is 122 cm³/mol. The summed E-state index contributed by atoms with van der Waals surface area (Å²) in [4.78, 5) is 24.0. The molecule has 4 N–H and O–H groups in total. The third-order valence-corrected chi connectivity index (χ3v) is 4.80. The Morgan fingerprint density at radius 1 is 0.871 bits per heavy atom. The molecule has 0 fully saturated rings. The van der Waals surface area contributed by atoms with Gasteiger partial charge in [0.25, 0.3) is 5.91 Å². The first-order chi connectivity index (χ1) is 15.1. The Bertz CT molecular complexity index is 812. The topological polar surface area (TPSA) is 99.7 Å². The quantitative estimate of drug-likeness (QED) is 0.270. The Balaban J connectivity index is 1.67. The van der Waals surface area contributed by atoms with Crippen molar-refractivity contribution in [1.29, 1.82) is 0 Å². The molecule has 0 aliphatic heterocycles. The summed E-state index contributed by atoms with van der Waals surface area (Å²) >= 11 is 0. The molecule has 0 spiro atoms. The number of unbranched alkanes of at least 4 members (excludes halogenated alkanes) is 7. The number of carbonyl (C=O) groups is 2. The number of rotatable bonds is 12. The third kappa shape index (κ3) is 9.42. The number of para-hydroxylation sites is 1. The van der Waals surface area contributed by atoms with E-state index in [1.165, 1.54) is 50.7 Å². The van der Waals surface area contributed by atoms with Gasteiger partial charge in [-0.1, -0.05) is 70.1 Å². The van der Waals surface area contributed by atoms with Crippen molar-refractivity contribution >= 4 is 17.6 Å². The van der Waals surface area contributed by atoms with Crippen LogP contribution < -0.4 is 20.9 Å². The highest BCUT2D eigenvalue weighted by Gasteiger charge is 2.13. The number of benzene rings is 2. The zero-order valence-electron chi connectivity index (χ0n) is 18.2. The van der Waals surface area contributed by atoms with Gasteiger partial charge < -0.3 is 15.2 Å². The standard InChI is InChI=1S/C24H33N3O4/c1-2-3-4-5-6-7-8-12-17-31-20-15-16-21(22(28)18-20)23(29)26-27-24(30)25-19-13-10-9-11-14-19/h9-11,13-16,18,28H,2-8,12,17H2,1H3,(H,26,29)(H2,25,27,30). The summed E-state index contributed by atoms with van der Waals surface area (Å²) in [5, 5.41) is 12.7. The molecule has 2 rings (SSSR count). The van der Waals surface area contributed by atoms with E-state index in [4.69, 9.17) is 4.74 Å². The first-order valence-corrected chi connectivity index (χ1v) is 11.0. The van der Waals surface area contributed by atoms with Crippen molar-refractivity contribution in [2.45, 2.75) is 58.3 Å². The number of nitrogens with one attached hydrogen (secondary N) is 3. The average Bonchev–Trinajstić information content (AvgIpc) is 2.77. The lowest BCUT2D eigenvalue weighted by molar-refractivity contribution is 0.0935. The van der Waals surface area contributed by atoms with E-state index in [2.05, 4.69) is 23.1 Å². The summed E-state index contributed by atoms with van der Waals surface area (Å²) in [5.74, 6) is -0.335. The third-order valence-electron chi connectivity index (χ3n) is 4.80. The summed E-state index contributed by atoms with van der Waals surface area (Å²) in [6.07, 6.45) is 9.75. The van der Waals surface area contributed by atoms with Crippen molar-refractivity contribution in [3.63, 3.8) is 0 Å². The molecule has 0 heterocycles. The second-order valence-corrected chi connectivity index (χ2v) is 7.40. The monoisotopic (exact) mass is 427 g/mol. The normalized spacial score (nSPS) is 10.4. The second-order valence-electron chi connectivity index (χ2n) is 7.40. The molecular weight excluding hydrogens is 394 g/mol. The van der Waals surface area contributed by atoms with Crippen LogP contribution in [-0.4, -0.2) is 23.7 Å². The summed E-state index contributed by atoms with van der Waals surface area (Å²) in [7, 11) is 0. The molecule has 0 unspecified atom stereocenters. The van der Waals surface area contributed by atoms with E-state index in [0.717, 1.165) is 12.8 Å². The van der Waals surface area contributed by atoms with Crippen molar-refractivity contribution in [3.05, 3.63) is 54.1 Å². The molecule has 0 atom stereocenters. The van der Waals surface area contributed by atoms with Crippen LogP contribution in [0, 0.1) is 0 Å². The summed E-state index contributed by atoms with van der Waals surface area (Å²) in [6, 6.07) is 12.7. The van der Waals surface area contributed by atoms with E-state index < -0.39 is 11.9 Å². The van der Waals surface area contributed by atoms with E-state index >= 15 is 0 Å². The maximum absolute atomic E-state index is 12.2. The van der Waals surface area contributed by atoms with Gasteiger partial charge in [-0.05, 0) is 30.7 Å². The van der Waals surface area contributed by atoms with Crippen LogP contribution in [0.15, 0.2) is 48.5 Å². The fourth-order valence-corrected chi connectivity index (χ4v) is 3.08. The first-order valence-electron chi connectivity index (χ1n) is 11.0. The Morgan fingerprint density at radius 2 is 1.55 bits per heavy atom. The number of amides is 3. The van der Waals surface area contributed by atoms with Crippen LogP contribution in [0.1, 0.15) is 68.6 Å². The molecule has 0 aliphatic carbocycles. The number of phenolic OH excluding ortho intramolecular Hbond substituents is 1. The fourth-order valence-electron chi connectivity index (χ4n) is 3.08. The van der Waals surface area contributed by atoms with E-state index in [1.807, 2.05) is 6.07 Å². The number of hydrogen-bond acceptors (Lipinski definition) is 4. The average molecular weight is 428 g/mol. The Morgan fingerprint density at radius 3 is 2.23 bits per heavy atom. The molecule has 7 heteroatoms. The Kier molecular flexibility index (Phi) is 10.8. The van der Waals surface area contributed by atoms with Gasteiger partial charge in [-0.15, -0.1) is 0 Å². The minimum Gasteiger partial charge on any atom is -0.507 e. The number of ether oxygens (including phenoxy) is 1. The van der Waals surface area contributed by atoms with Crippen LogP contribution in [0.5, 0.6) is 11.5 Å². The highest BCUT2D eigenvalue weighted by Crippen LogP contribution is 2.23. The molecule has 0 saturated heterocycles. The van der Waals surface area contributed by atoms with E-state index in [-0.39, 0.29) is 11.3 Å². The van der Waals surface area contributed by atoms with E-state index in [9.17, 15) is 14.7 Å². The highest BCUT2D eigenvalue weighted by molar-refractivity contribution is 5.99. The van der Waals surface area contributed by atoms with Crippen molar-refractivity contribution in [3.8, 4) is 11.5 Å². The van der Waals surface area contributed by atoms with Crippen LogP contribution in [0.2, 0.25) is 0 Å². The van der Waals surface area contributed by atoms with Crippen LogP contribution in [0.3, 0.4) is 0 Å². The molecule has 2 aromatic rings. The minimum absolute atomic E-state index is 0.0411. The number of urea groups is 1. The number of phenols is 1. The Hall–Kier alpha value is -3.22. The number of carbonyl (C=O) groups excluding carboxylic acids is 2. The van der Waals surface area contributed by atoms with Crippen LogP contribution >= 0.6 is 0 Å². The molecule has 0 aliphatic rings. The van der Waals surface area contributed by atoms with Crippen LogP contribution in [0.4, 0.5) is 10.5 Å². The molecule has 31 heavy (non-hydrogen) atoms. The molecule has 0 radical (unpaired) electrons. The maximum Gasteiger partial charge on any atom is 0.337 e. The van der Waals surface area contributed by atoms with Gasteiger partial charge in [-0.25, -0.2) is 10.2 Å². The lowest BCUT2D eigenvalue weighted by Crippen LogP contribution is -2.43. The molecular formula is C24H33N3O4. The highest BCUT2D eigenvalue weighted by atomic mass is 16.5. The van der Waals surface area contributed by atoms with Crippen molar-refractivity contribution < 1.29 is 19.4 Å². The van der Waals surface area contributed by atoms with Gasteiger partial charge in [0, 0.05) is 11.8 Å². The van der Waals surface area contributed by atoms with Gasteiger partial charge in [0.15, 0.2) is 0 Å². The zero-order valence-corrected chi connectivity index (χ0v) is 18.2. The van der Waals surface area contributed by atoms with Gasteiger partial charge in [0.05, 0.1) is 12.2 Å². The van der Waals surface area contributed by atoms with Crippen LogP contribution in [0.25, 0.3) is 0 Å². The summed E-state index contributed by atoms with van der Waals surface area (Å²) in [5.41, 5.74) is 5.14. The zero-order chi connectivity index (χ0) is 22.3. The Labute approximate surface area is 184 Å². The molecule has 3 amide bonds. The second kappa shape index (κ2) is 13.9. The number of anilines is 1. The van der Waals surface area contributed by atoms with Crippen molar-refractivity contribution in [2.24, 2.45) is 0 Å². The maximum atomic E-state index is 12.2. The largest absolute Gasteiger partial charge is 0.507 e. The number of hydrogen-bond donors (Lipinski definition) is 4. The molecule has 0 saturated carbocycles. The lowest BCUT2D eigenvalue weighted by Gasteiger charge is -2.11. The van der Waals surface area contributed by atoms with Gasteiger partial charge in [0.1, 0.15) is 11.5 Å². The molecule has 168 valence electrons. The molecule has 0 bridgehead atoms. The summed E-state index contributed by atoms with van der Waals surface area (Å²) < 4.78 is 5.66. The lowest BCUT2D eigenvalue weighted by atomic mass is 10.1. The van der Waals surface area contributed by atoms with E-state index in [0.29, 0.717) is 18.0 Å². The first kappa shape index (κ1) is 24.1. The SMILES string of the molecule is CCCCCCCCCCOc1ccc(C(=O)NNC(=O)Nc2ccccc2)c(O)c1. The molecule has 2 aromatic carbocycles. The van der Waals surface area contributed by atoms with Gasteiger partial charge in [-0.2, -0.15) is 0 Å². The minimum atomic E-state index is -0.629. The van der Waals surface area contributed by atoms with Gasteiger partial charge in [-0.3, -0.25) is 10.2 Å². The van der Waals surface area contributed by atoms with Gasteiger partial charge in [0.2, 0.25) is 0 Å². The fraction of sp³-hybridized carbons (Fsp3) is 0.417. The summed E-state index contributed by atoms with van der Waals surface area (Å²) in [6.45, 7) is 2.79. The molecule has 7 nitrogen and oxygen atoms in total. The molecule has 0 aromatic heterocycles. The van der Waals surface area contributed by atoms with Crippen molar-refractivity contribution in [1.82, 2.24) is 10.9 Å². The number of aromatic hydroxyl groups is 1. The van der Waals surface area contributed by atoms with Crippen LogP contribution in [-0.2, 0) is 0 Å². The predicted octanol–water partition coefficient (Wildman–Crippen LogP) is 5.38. The smallest absolute Gasteiger partial charge is 0.337 e. The van der Waals surface area contributed by atoms with E-state index in [1.54, 1.807) is 30.3 Å². The van der Waals surface area contributed by atoms with Crippen molar-refractivity contribution in [2.75, 3.05) is 11.9 Å². The number of hydrazine groups is 1.